The van der Waals surface area contributed by atoms with Crippen molar-refractivity contribution in [2.45, 2.75) is 37.8 Å². The van der Waals surface area contributed by atoms with Crippen LogP contribution in [0.15, 0.2) is 42.7 Å². The normalized spacial score (nSPS) is 24.4. The van der Waals surface area contributed by atoms with Gasteiger partial charge in [-0.2, -0.15) is 5.10 Å². The smallest absolute Gasteiger partial charge is 0.125 e. The van der Waals surface area contributed by atoms with Crippen LogP contribution in [0.5, 0.6) is 5.75 Å². The topological polar surface area (TPSA) is 79.1 Å². The largest absolute Gasteiger partial charge is 0.507 e. The number of likely N-dealkylation sites (N-methyl/N-ethyl adjacent to an activating group) is 1. The number of nitrogens with zero attached hydrogens (tertiary/aromatic N) is 5. The zero-order valence-electron chi connectivity index (χ0n) is 18.5. The molecule has 2 fully saturated rings. The number of nitrogens with one attached hydrogen (secondary N) is 1. The van der Waals surface area contributed by atoms with Gasteiger partial charge < -0.3 is 15.3 Å². The summed E-state index contributed by atoms with van der Waals surface area (Å²) in [7, 11) is 3.98. The molecule has 3 atom stereocenters. The summed E-state index contributed by atoms with van der Waals surface area (Å²) in [4.78, 5) is 2.22. The van der Waals surface area contributed by atoms with Crippen LogP contribution in [0.1, 0.15) is 31.4 Å². The number of aromatic nitrogens is 4. The first kappa shape index (κ1) is 19.5. The van der Waals surface area contributed by atoms with E-state index in [4.69, 9.17) is 5.10 Å². The summed E-state index contributed by atoms with van der Waals surface area (Å²) in [6, 6.07) is 9.04. The van der Waals surface area contributed by atoms with E-state index in [2.05, 4.69) is 39.6 Å². The molecule has 164 valence electrons. The molecule has 5 heterocycles. The van der Waals surface area contributed by atoms with Gasteiger partial charge in [-0.25, -0.2) is 0 Å². The van der Waals surface area contributed by atoms with Crippen molar-refractivity contribution >= 4 is 11.3 Å². The maximum atomic E-state index is 10.8. The summed E-state index contributed by atoms with van der Waals surface area (Å²) in [6.45, 7) is 0.874. The van der Waals surface area contributed by atoms with Crippen LogP contribution in [0, 0.1) is 5.92 Å². The molecule has 7 nitrogen and oxygen atoms in total. The Morgan fingerprint density at radius 1 is 1.03 bits per heavy atom. The zero-order valence-corrected chi connectivity index (χ0v) is 18.5. The minimum absolute atomic E-state index is 0.199. The highest BCUT2D eigenvalue weighted by Crippen LogP contribution is 2.43. The molecule has 3 aliphatic rings. The number of fused-ring (bicyclic) bond motifs is 3. The highest BCUT2D eigenvalue weighted by molar-refractivity contribution is 5.82. The van der Waals surface area contributed by atoms with Crippen molar-refractivity contribution in [3.63, 3.8) is 0 Å². The Hall–Kier alpha value is -3.19. The van der Waals surface area contributed by atoms with Gasteiger partial charge in [0, 0.05) is 50.0 Å². The van der Waals surface area contributed by atoms with Gasteiger partial charge in [0.2, 0.25) is 0 Å². The fourth-order valence-corrected chi connectivity index (χ4v) is 5.61. The van der Waals surface area contributed by atoms with E-state index in [9.17, 15) is 5.11 Å². The molecule has 2 saturated heterocycles. The summed E-state index contributed by atoms with van der Waals surface area (Å²) in [5.74, 6) is 0.748. The lowest BCUT2D eigenvalue weighted by Gasteiger charge is -2.34. The second-order valence-electron chi connectivity index (χ2n) is 9.44. The Labute approximate surface area is 187 Å². The van der Waals surface area contributed by atoms with Crippen LogP contribution in [0.25, 0.3) is 28.0 Å². The number of hydrogen-bond acceptors (Lipinski definition) is 6. The first-order valence-electron chi connectivity index (χ1n) is 11.4. The molecule has 7 heteroatoms. The number of hydrogen-bond donors (Lipinski definition) is 2. The number of aromatic hydroxyl groups is 1. The molecule has 3 aliphatic heterocycles. The third kappa shape index (κ3) is 3.28. The van der Waals surface area contributed by atoms with Crippen molar-refractivity contribution < 1.29 is 5.11 Å². The second kappa shape index (κ2) is 7.45. The van der Waals surface area contributed by atoms with Crippen molar-refractivity contribution in [2.75, 3.05) is 18.5 Å². The van der Waals surface area contributed by atoms with Gasteiger partial charge >= 0.3 is 0 Å². The van der Waals surface area contributed by atoms with Crippen LogP contribution < -0.4 is 10.2 Å². The molecule has 0 amide bonds. The number of benzene rings is 1. The van der Waals surface area contributed by atoms with E-state index in [1.807, 2.05) is 25.4 Å². The van der Waals surface area contributed by atoms with Crippen molar-refractivity contribution in [1.29, 1.82) is 0 Å². The van der Waals surface area contributed by atoms with Crippen LogP contribution in [0.4, 0.5) is 5.69 Å². The van der Waals surface area contributed by atoms with Gasteiger partial charge in [-0.15, -0.1) is 10.2 Å². The number of phenols is 1. The van der Waals surface area contributed by atoms with Gasteiger partial charge in [0.1, 0.15) is 11.4 Å². The first-order valence-corrected chi connectivity index (χ1v) is 11.4. The molecule has 0 radical (unpaired) electrons. The van der Waals surface area contributed by atoms with E-state index >= 15 is 0 Å². The maximum absolute atomic E-state index is 10.8. The van der Waals surface area contributed by atoms with Gasteiger partial charge in [-0.3, -0.25) is 4.68 Å². The summed E-state index contributed by atoms with van der Waals surface area (Å²) in [5, 5.41) is 28.0. The molecular weight excluding hydrogens is 400 g/mol. The van der Waals surface area contributed by atoms with Crippen molar-refractivity contribution in [3.05, 3.63) is 48.4 Å². The Balaban J connectivity index is 1.33. The van der Waals surface area contributed by atoms with Gasteiger partial charge in [0.05, 0.1) is 17.6 Å². The van der Waals surface area contributed by atoms with Crippen LogP contribution in [-0.4, -0.2) is 50.8 Å². The molecule has 2 aromatic heterocycles. The summed E-state index contributed by atoms with van der Waals surface area (Å²) < 4.78 is 1.75. The Bertz CT molecular complexity index is 1200. The van der Waals surface area contributed by atoms with E-state index < -0.39 is 0 Å². The SMILES string of the molecule is CN1CC=C([C@@H]2CC3CC[C@@H](C2)N3)c2nnc(-c3ccc(-c4cnn(C)c4)cc3O)cc21. The molecule has 2 bridgehead atoms. The molecular formula is C25H28N6O. The van der Waals surface area contributed by atoms with Crippen molar-refractivity contribution in [3.8, 4) is 28.1 Å². The molecule has 32 heavy (non-hydrogen) atoms. The van der Waals surface area contributed by atoms with E-state index in [0.29, 0.717) is 29.3 Å². The number of allylic oxidation sites excluding steroid dienone is 1. The molecule has 0 aliphatic carbocycles. The van der Waals surface area contributed by atoms with Gasteiger partial charge in [0.15, 0.2) is 0 Å². The molecule has 0 saturated carbocycles. The van der Waals surface area contributed by atoms with E-state index in [1.54, 1.807) is 16.9 Å². The van der Waals surface area contributed by atoms with Crippen LogP contribution in [-0.2, 0) is 7.05 Å². The lowest BCUT2D eigenvalue weighted by molar-refractivity contribution is 0.351. The monoisotopic (exact) mass is 428 g/mol. The lowest BCUT2D eigenvalue weighted by atomic mass is 9.82. The first-order chi connectivity index (χ1) is 15.5. The number of aryl methyl sites for hydroxylation is 1. The minimum Gasteiger partial charge on any atom is -0.507 e. The van der Waals surface area contributed by atoms with Crippen LogP contribution >= 0.6 is 0 Å². The van der Waals surface area contributed by atoms with Crippen molar-refractivity contribution in [2.24, 2.45) is 13.0 Å². The average Bonchev–Trinajstić information content (AvgIpc) is 3.38. The third-order valence-corrected chi connectivity index (χ3v) is 7.27. The van der Waals surface area contributed by atoms with Gasteiger partial charge in [-0.1, -0.05) is 12.1 Å². The second-order valence-corrected chi connectivity index (χ2v) is 9.44. The Morgan fingerprint density at radius 2 is 1.84 bits per heavy atom. The lowest BCUT2D eigenvalue weighted by Crippen LogP contribution is -2.39. The molecule has 6 rings (SSSR count). The number of rotatable bonds is 3. The zero-order chi connectivity index (χ0) is 21.8. The fourth-order valence-electron chi connectivity index (χ4n) is 5.61. The van der Waals surface area contributed by atoms with E-state index in [1.165, 1.54) is 31.3 Å². The average molecular weight is 429 g/mol. The van der Waals surface area contributed by atoms with Crippen molar-refractivity contribution in [1.82, 2.24) is 25.3 Å². The molecule has 1 unspecified atom stereocenters. The van der Waals surface area contributed by atoms with E-state index in [-0.39, 0.29) is 5.75 Å². The minimum atomic E-state index is 0.199. The number of phenolic OH excluding ortho intramolecular Hbond substituents is 1. The highest BCUT2D eigenvalue weighted by Gasteiger charge is 2.37. The quantitative estimate of drug-likeness (QED) is 0.664. The Morgan fingerprint density at radius 3 is 2.56 bits per heavy atom. The third-order valence-electron chi connectivity index (χ3n) is 7.27. The molecule has 2 N–H and O–H groups in total. The van der Waals surface area contributed by atoms with Crippen LogP contribution in [0.2, 0.25) is 0 Å². The highest BCUT2D eigenvalue weighted by atomic mass is 16.3. The number of anilines is 1. The van der Waals surface area contributed by atoms with Crippen LogP contribution in [0.3, 0.4) is 0 Å². The standard InChI is InChI=1S/C25H28N6O/c1-30-8-7-20(16-9-18-4-5-19(10-16)27-18)25-23(30)12-22(28-29-25)21-6-3-15(11-24(21)32)17-13-26-31(2)14-17/h3,6-7,11-14,16,18-19,27,32H,4-5,8-10H2,1-2H3/t16-,18-,19?/m0/s1. The fraction of sp³-hybridized carbons (Fsp3) is 0.400. The summed E-state index contributed by atoms with van der Waals surface area (Å²) in [6.07, 6.45) is 11.0. The molecule has 1 aromatic carbocycles. The summed E-state index contributed by atoms with van der Waals surface area (Å²) >= 11 is 0. The molecule has 0 spiro atoms. The predicted octanol–water partition coefficient (Wildman–Crippen LogP) is 3.61. The maximum Gasteiger partial charge on any atom is 0.125 e. The molecule has 3 aromatic rings. The summed E-state index contributed by atoms with van der Waals surface area (Å²) in [5.41, 5.74) is 6.72. The van der Waals surface area contributed by atoms with Gasteiger partial charge in [-0.05, 0) is 60.9 Å². The Kier molecular flexibility index (Phi) is 4.54. The van der Waals surface area contributed by atoms with E-state index in [0.717, 1.165) is 29.1 Å². The van der Waals surface area contributed by atoms with Gasteiger partial charge in [0.25, 0.3) is 0 Å². The number of piperidine rings is 1. The predicted molar refractivity (Wildman–Crippen MR) is 125 cm³/mol.